The molecule has 1 aliphatic rings. The Hall–Kier alpha value is -1.43. The van der Waals surface area contributed by atoms with Crippen molar-refractivity contribution < 1.29 is 14.6 Å². The summed E-state index contributed by atoms with van der Waals surface area (Å²) in [6, 6.07) is 3.40. The SMILES string of the molecule is O=C(/C=C/c1ccnc(Cl)c1)NCC(O)COCC1CC1. The zero-order valence-electron chi connectivity index (χ0n) is 11.7. The molecule has 5 nitrogen and oxygen atoms in total. The number of carbonyl (C=O) groups excluding carboxylic acids is 1. The summed E-state index contributed by atoms with van der Waals surface area (Å²) in [5.74, 6) is 0.395. The van der Waals surface area contributed by atoms with Crippen LogP contribution in [0.3, 0.4) is 0 Å². The van der Waals surface area contributed by atoms with Crippen LogP contribution in [0.15, 0.2) is 24.4 Å². The third kappa shape index (κ3) is 6.71. The fourth-order valence-electron chi connectivity index (χ4n) is 1.68. The van der Waals surface area contributed by atoms with E-state index in [1.54, 1.807) is 24.4 Å². The minimum atomic E-state index is -0.684. The standard InChI is InChI=1S/C15H19ClN2O3/c16-14-7-11(5-6-17-14)3-4-15(20)18-8-13(19)10-21-9-12-1-2-12/h3-7,12-13,19H,1-2,8-10H2,(H,18,20)/b4-3+. The second-order valence-corrected chi connectivity index (χ2v) is 5.51. The van der Waals surface area contributed by atoms with Gasteiger partial charge >= 0.3 is 0 Å². The Morgan fingerprint density at radius 3 is 3.14 bits per heavy atom. The average Bonchev–Trinajstić information content (AvgIpc) is 3.27. The highest BCUT2D eigenvalue weighted by molar-refractivity contribution is 6.29. The van der Waals surface area contributed by atoms with Gasteiger partial charge < -0.3 is 15.2 Å². The van der Waals surface area contributed by atoms with Gasteiger partial charge in [-0.25, -0.2) is 4.98 Å². The number of hydrogen-bond donors (Lipinski definition) is 2. The van der Waals surface area contributed by atoms with E-state index in [0.717, 1.165) is 5.56 Å². The molecule has 0 saturated heterocycles. The molecule has 1 amide bonds. The maximum Gasteiger partial charge on any atom is 0.244 e. The van der Waals surface area contributed by atoms with Crippen molar-refractivity contribution in [2.24, 2.45) is 5.92 Å². The van der Waals surface area contributed by atoms with E-state index in [4.69, 9.17) is 16.3 Å². The van der Waals surface area contributed by atoms with Gasteiger partial charge in [-0.05, 0) is 42.5 Å². The third-order valence-corrected chi connectivity index (χ3v) is 3.26. The summed E-state index contributed by atoms with van der Waals surface area (Å²) in [5.41, 5.74) is 0.790. The first-order valence-electron chi connectivity index (χ1n) is 6.97. The van der Waals surface area contributed by atoms with Crippen LogP contribution in [0, 0.1) is 5.92 Å². The Morgan fingerprint density at radius 1 is 1.62 bits per heavy atom. The molecule has 0 bridgehead atoms. The fraction of sp³-hybridized carbons (Fsp3) is 0.467. The predicted molar refractivity (Wildman–Crippen MR) is 80.8 cm³/mol. The van der Waals surface area contributed by atoms with E-state index in [1.807, 2.05) is 0 Å². The van der Waals surface area contributed by atoms with Crippen LogP contribution in [0.25, 0.3) is 6.08 Å². The van der Waals surface area contributed by atoms with Crippen molar-refractivity contribution in [3.63, 3.8) is 0 Å². The van der Waals surface area contributed by atoms with Gasteiger partial charge in [-0.2, -0.15) is 0 Å². The van der Waals surface area contributed by atoms with E-state index in [9.17, 15) is 9.90 Å². The number of halogens is 1. The van der Waals surface area contributed by atoms with Crippen LogP contribution in [0.2, 0.25) is 5.15 Å². The first kappa shape index (κ1) is 15.9. The number of carbonyl (C=O) groups is 1. The minimum absolute atomic E-state index is 0.172. The molecule has 2 N–H and O–H groups in total. The number of amides is 1. The van der Waals surface area contributed by atoms with Crippen LogP contribution in [0.5, 0.6) is 0 Å². The number of aromatic nitrogens is 1. The number of nitrogens with one attached hydrogen (secondary N) is 1. The summed E-state index contributed by atoms with van der Waals surface area (Å²) in [6.45, 7) is 1.12. The molecule has 1 aromatic rings. The lowest BCUT2D eigenvalue weighted by Gasteiger charge is -2.11. The first-order chi connectivity index (χ1) is 10.1. The highest BCUT2D eigenvalue weighted by Crippen LogP contribution is 2.28. The number of hydrogen-bond acceptors (Lipinski definition) is 4. The highest BCUT2D eigenvalue weighted by atomic mass is 35.5. The van der Waals surface area contributed by atoms with E-state index >= 15 is 0 Å². The average molecular weight is 311 g/mol. The molecule has 0 aromatic carbocycles. The molecule has 0 spiro atoms. The zero-order chi connectivity index (χ0) is 15.1. The lowest BCUT2D eigenvalue weighted by atomic mass is 10.2. The summed E-state index contributed by atoms with van der Waals surface area (Å²) >= 11 is 5.75. The van der Waals surface area contributed by atoms with Gasteiger partial charge in [-0.15, -0.1) is 0 Å². The number of rotatable bonds is 8. The predicted octanol–water partition coefficient (Wildman–Crippen LogP) is 1.65. The number of aliphatic hydroxyl groups is 1. The molecule has 21 heavy (non-hydrogen) atoms. The molecule has 1 atom stereocenters. The van der Waals surface area contributed by atoms with Crippen LogP contribution >= 0.6 is 11.6 Å². The Bertz CT molecular complexity index is 503. The van der Waals surface area contributed by atoms with E-state index in [2.05, 4.69) is 10.3 Å². The molecule has 1 fully saturated rings. The van der Waals surface area contributed by atoms with Gasteiger partial charge in [0.15, 0.2) is 0 Å². The summed E-state index contributed by atoms with van der Waals surface area (Å²) in [6.07, 6.45) is 6.35. The van der Waals surface area contributed by atoms with Gasteiger partial charge in [0, 0.05) is 25.4 Å². The monoisotopic (exact) mass is 310 g/mol. The molecule has 1 aliphatic carbocycles. The van der Waals surface area contributed by atoms with Gasteiger partial charge in [0.05, 0.1) is 12.7 Å². The summed E-state index contributed by atoms with van der Waals surface area (Å²) in [4.78, 5) is 15.5. The summed E-state index contributed by atoms with van der Waals surface area (Å²) in [7, 11) is 0. The van der Waals surface area contributed by atoms with Crippen molar-refractivity contribution in [3.05, 3.63) is 35.1 Å². The van der Waals surface area contributed by atoms with Crippen LogP contribution in [0.4, 0.5) is 0 Å². The zero-order valence-corrected chi connectivity index (χ0v) is 12.4. The van der Waals surface area contributed by atoms with Crippen molar-refractivity contribution >= 4 is 23.6 Å². The smallest absolute Gasteiger partial charge is 0.244 e. The molecule has 1 heterocycles. The molecular formula is C15H19ClN2O3. The lowest BCUT2D eigenvalue weighted by molar-refractivity contribution is -0.117. The molecule has 0 radical (unpaired) electrons. The van der Waals surface area contributed by atoms with Crippen molar-refractivity contribution in [3.8, 4) is 0 Å². The number of ether oxygens (including phenoxy) is 1. The van der Waals surface area contributed by atoms with Crippen molar-refractivity contribution in [2.45, 2.75) is 18.9 Å². The molecule has 1 unspecified atom stereocenters. The molecule has 6 heteroatoms. The van der Waals surface area contributed by atoms with Crippen LogP contribution in [0.1, 0.15) is 18.4 Å². The Balaban J connectivity index is 1.63. The van der Waals surface area contributed by atoms with Crippen molar-refractivity contribution in [2.75, 3.05) is 19.8 Å². The quantitative estimate of drug-likeness (QED) is 0.566. The molecule has 0 aliphatic heterocycles. The van der Waals surface area contributed by atoms with Gasteiger partial charge in [0.2, 0.25) is 5.91 Å². The second-order valence-electron chi connectivity index (χ2n) is 5.13. The Kier molecular flexibility index (Phi) is 6.17. The normalized spacial score (nSPS) is 16.1. The van der Waals surface area contributed by atoms with Crippen molar-refractivity contribution in [1.29, 1.82) is 0 Å². The number of pyridine rings is 1. The second kappa shape index (κ2) is 8.12. The van der Waals surface area contributed by atoms with Crippen molar-refractivity contribution in [1.82, 2.24) is 10.3 Å². The Morgan fingerprint density at radius 2 is 2.43 bits per heavy atom. The fourth-order valence-corrected chi connectivity index (χ4v) is 1.87. The summed E-state index contributed by atoms with van der Waals surface area (Å²) < 4.78 is 5.35. The lowest BCUT2D eigenvalue weighted by Crippen LogP contribution is -2.33. The van der Waals surface area contributed by atoms with Gasteiger partial charge in [-0.1, -0.05) is 11.6 Å². The van der Waals surface area contributed by atoms with E-state index < -0.39 is 6.10 Å². The van der Waals surface area contributed by atoms with Crippen LogP contribution in [-0.4, -0.2) is 41.9 Å². The third-order valence-electron chi connectivity index (χ3n) is 3.05. The number of aliphatic hydroxyl groups excluding tert-OH is 1. The van der Waals surface area contributed by atoms with E-state index in [-0.39, 0.29) is 19.1 Å². The van der Waals surface area contributed by atoms with Crippen LogP contribution in [-0.2, 0) is 9.53 Å². The largest absolute Gasteiger partial charge is 0.389 e. The molecule has 1 aromatic heterocycles. The number of nitrogens with zero attached hydrogens (tertiary/aromatic N) is 1. The maximum absolute atomic E-state index is 11.6. The first-order valence-corrected chi connectivity index (χ1v) is 7.34. The van der Waals surface area contributed by atoms with E-state index in [0.29, 0.717) is 17.7 Å². The molecule has 2 rings (SSSR count). The highest BCUT2D eigenvalue weighted by Gasteiger charge is 2.21. The van der Waals surface area contributed by atoms with Crippen LogP contribution < -0.4 is 5.32 Å². The maximum atomic E-state index is 11.6. The van der Waals surface area contributed by atoms with Gasteiger partial charge in [0.25, 0.3) is 0 Å². The van der Waals surface area contributed by atoms with Gasteiger partial charge in [-0.3, -0.25) is 4.79 Å². The minimum Gasteiger partial charge on any atom is -0.389 e. The Labute approximate surface area is 129 Å². The summed E-state index contributed by atoms with van der Waals surface area (Å²) in [5, 5.41) is 12.7. The molecular weight excluding hydrogens is 292 g/mol. The topological polar surface area (TPSA) is 71.5 Å². The van der Waals surface area contributed by atoms with E-state index in [1.165, 1.54) is 18.9 Å². The molecule has 114 valence electrons. The molecule has 1 saturated carbocycles. The van der Waals surface area contributed by atoms with Gasteiger partial charge in [0.1, 0.15) is 5.15 Å².